The third-order valence-electron chi connectivity index (χ3n) is 3.79. The Morgan fingerprint density at radius 2 is 1.72 bits per heavy atom. The average molecular weight is 373 g/mol. The summed E-state index contributed by atoms with van der Waals surface area (Å²) < 4.78 is 23.8. The van der Waals surface area contributed by atoms with E-state index in [1.54, 1.807) is 18.3 Å². The maximum absolute atomic E-state index is 11.9. The van der Waals surface area contributed by atoms with Crippen LogP contribution in [0.2, 0.25) is 5.02 Å². The Hall–Kier alpha value is -2.37. The molecule has 1 heterocycles. The number of rotatable bonds is 5. The van der Waals surface area contributed by atoms with Crippen LogP contribution in [0.4, 0.5) is 5.82 Å². The van der Waals surface area contributed by atoms with E-state index in [9.17, 15) is 8.42 Å². The fraction of sp³-hybridized carbons (Fsp3) is 0.105. The van der Waals surface area contributed by atoms with Crippen molar-refractivity contribution in [3.8, 4) is 11.1 Å². The number of hydrogen-bond donors (Lipinski definition) is 1. The lowest BCUT2D eigenvalue weighted by Gasteiger charge is -2.13. The molecule has 0 aliphatic heterocycles. The summed E-state index contributed by atoms with van der Waals surface area (Å²) in [6, 6.07) is 18.7. The van der Waals surface area contributed by atoms with Crippen molar-refractivity contribution in [1.82, 2.24) is 4.98 Å². The lowest BCUT2D eigenvalue weighted by molar-refractivity contribution is 0.601. The topological polar surface area (TPSA) is 59.1 Å². The quantitative estimate of drug-likeness (QED) is 0.720. The molecule has 25 heavy (non-hydrogen) atoms. The molecule has 3 rings (SSSR count). The second kappa shape index (κ2) is 7.25. The van der Waals surface area contributed by atoms with Crippen molar-refractivity contribution in [2.75, 3.05) is 11.6 Å². The molecule has 0 amide bonds. The predicted molar refractivity (Wildman–Crippen MR) is 102 cm³/mol. The Morgan fingerprint density at radius 1 is 1.00 bits per heavy atom. The van der Waals surface area contributed by atoms with E-state index in [0.717, 1.165) is 16.7 Å². The molecule has 0 radical (unpaired) electrons. The van der Waals surface area contributed by atoms with Crippen molar-refractivity contribution in [2.24, 2.45) is 0 Å². The number of nitrogens with zero attached hydrogens (tertiary/aromatic N) is 1. The second-order valence-corrected chi connectivity index (χ2v) is 8.06. The molecule has 1 aromatic heterocycles. The van der Waals surface area contributed by atoms with Crippen molar-refractivity contribution in [3.05, 3.63) is 77.4 Å². The second-order valence-electron chi connectivity index (χ2n) is 5.64. The van der Waals surface area contributed by atoms with Gasteiger partial charge in [-0.15, -0.1) is 0 Å². The van der Waals surface area contributed by atoms with Crippen LogP contribution in [0.5, 0.6) is 0 Å². The summed E-state index contributed by atoms with van der Waals surface area (Å²) in [5, 5.41) is 3.83. The Kier molecular flexibility index (Phi) is 5.06. The molecule has 2 aromatic carbocycles. The molecule has 0 fully saturated rings. The van der Waals surface area contributed by atoms with Gasteiger partial charge < -0.3 is 5.32 Å². The summed E-state index contributed by atoms with van der Waals surface area (Å²) in [5.41, 5.74) is 3.14. The van der Waals surface area contributed by atoms with Gasteiger partial charge in [0.2, 0.25) is 0 Å². The van der Waals surface area contributed by atoms with Crippen LogP contribution in [-0.4, -0.2) is 19.7 Å². The summed E-state index contributed by atoms with van der Waals surface area (Å²) in [7, 11) is -3.34. The van der Waals surface area contributed by atoms with Crippen LogP contribution in [0.1, 0.15) is 5.56 Å². The Bertz CT molecular complexity index is 986. The van der Waals surface area contributed by atoms with E-state index in [-0.39, 0.29) is 4.90 Å². The highest BCUT2D eigenvalue weighted by molar-refractivity contribution is 7.90. The molecule has 0 bridgehead atoms. The number of hydrogen-bond acceptors (Lipinski definition) is 4. The first-order valence-electron chi connectivity index (χ1n) is 7.68. The van der Waals surface area contributed by atoms with E-state index in [1.165, 1.54) is 6.26 Å². The molecule has 6 heteroatoms. The minimum absolute atomic E-state index is 0.193. The summed E-state index contributed by atoms with van der Waals surface area (Å²) in [6.07, 6.45) is 2.75. The fourth-order valence-electron chi connectivity index (χ4n) is 2.59. The van der Waals surface area contributed by atoms with Gasteiger partial charge in [0.05, 0.1) is 0 Å². The number of halogens is 1. The van der Waals surface area contributed by atoms with E-state index in [2.05, 4.69) is 10.3 Å². The number of aromatic nitrogens is 1. The highest BCUT2D eigenvalue weighted by Crippen LogP contribution is 2.26. The number of nitrogens with one attached hydrogen (secondary N) is 1. The summed E-state index contributed by atoms with van der Waals surface area (Å²) >= 11 is 5.96. The van der Waals surface area contributed by atoms with Crippen molar-refractivity contribution in [1.29, 1.82) is 0 Å². The van der Waals surface area contributed by atoms with Gasteiger partial charge in [-0.05, 0) is 41.0 Å². The van der Waals surface area contributed by atoms with Gasteiger partial charge in [0.1, 0.15) is 10.7 Å². The smallest absolute Gasteiger partial charge is 0.179 e. The van der Waals surface area contributed by atoms with Crippen LogP contribution < -0.4 is 5.32 Å². The molecule has 128 valence electrons. The highest BCUT2D eigenvalue weighted by atomic mass is 35.5. The van der Waals surface area contributed by atoms with Crippen molar-refractivity contribution < 1.29 is 8.42 Å². The van der Waals surface area contributed by atoms with E-state index in [1.807, 2.05) is 48.5 Å². The first-order chi connectivity index (χ1) is 11.9. The predicted octanol–water partition coefficient (Wildman–Crippen LogP) is 4.42. The van der Waals surface area contributed by atoms with E-state index in [4.69, 9.17) is 11.6 Å². The highest BCUT2D eigenvalue weighted by Gasteiger charge is 2.14. The number of anilines is 1. The molecule has 0 atom stereocenters. The molecule has 0 saturated carbocycles. The number of pyridine rings is 1. The lowest BCUT2D eigenvalue weighted by atomic mass is 10.00. The summed E-state index contributed by atoms with van der Waals surface area (Å²) in [4.78, 5) is 4.36. The molecule has 0 spiro atoms. The van der Waals surface area contributed by atoms with Crippen molar-refractivity contribution in [2.45, 2.75) is 11.4 Å². The number of sulfone groups is 1. The van der Waals surface area contributed by atoms with Crippen LogP contribution in [0.15, 0.2) is 71.8 Å². The standard InChI is InChI=1S/C19H17ClN2O2S/c1-25(23,24)18-7-4-12-21-19(18)22-13-15-5-2-3-6-17(15)14-8-10-16(20)11-9-14/h2-12H,13H2,1H3,(H,21,22). The van der Waals surface area contributed by atoms with Gasteiger partial charge in [-0.25, -0.2) is 13.4 Å². The van der Waals surface area contributed by atoms with E-state index >= 15 is 0 Å². The molecule has 0 saturated heterocycles. The van der Waals surface area contributed by atoms with Crippen LogP contribution in [0.3, 0.4) is 0 Å². The van der Waals surface area contributed by atoms with Crippen LogP contribution in [0.25, 0.3) is 11.1 Å². The summed E-state index contributed by atoms with van der Waals surface area (Å²) in [5.74, 6) is 0.357. The van der Waals surface area contributed by atoms with Crippen LogP contribution in [-0.2, 0) is 16.4 Å². The molecular weight excluding hydrogens is 356 g/mol. The van der Waals surface area contributed by atoms with E-state index < -0.39 is 9.84 Å². The first-order valence-corrected chi connectivity index (χ1v) is 9.95. The van der Waals surface area contributed by atoms with Gasteiger partial charge >= 0.3 is 0 Å². The van der Waals surface area contributed by atoms with Crippen LogP contribution in [0, 0.1) is 0 Å². The Labute approximate surface area is 152 Å². The average Bonchev–Trinajstić information content (AvgIpc) is 2.60. The Morgan fingerprint density at radius 3 is 2.44 bits per heavy atom. The largest absolute Gasteiger partial charge is 0.365 e. The maximum Gasteiger partial charge on any atom is 0.179 e. The van der Waals surface area contributed by atoms with Crippen molar-refractivity contribution in [3.63, 3.8) is 0 Å². The van der Waals surface area contributed by atoms with Crippen LogP contribution >= 0.6 is 11.6 Å². The maximum atomic E-state index is 11.9. The molecule has 0 aliphatic carbocycles. The zero-order chi connectivity index (χ0) is 17.9. The van der Waals surface area contributed by atoms with Gasteiger partial charge in [-0.2, -0.15) is 0 Å². The zero-order valence-electron chi connectivity index (χ0n) is 13.6. The van der Waals surface area contributed by atoms with Gasteiger partial charge in [-0.1, -0.05) is 48.0 Å². The van der Waals surface area contributed by atoms with Gasteiger partial charge in [0.15, 0.2) is 9.84 Å². The molecule has 1 N–H and O–H groups in total. The first kappa shape index (κ1) is 17.5. The lowest BCUT2D eigenvalue weighted by Crippen LogP contribution is -2.08. The van der Waals surface area contributed by atoms with Gasteiger partial charge in [-0.3, -0.25) is 0 Å². The summed E-state index contributed by atoms with van der Waals surface area (Å²) in [6.45, 7) is 0.457. The molecule has 3 aromatic rings. The number of benzene rings is 2. The fourth-order valence-corrected chi connectivity index (χ4v) is 3.51. The van der Waals surface area contributed by atoms with Gasteiger partial charge in [0.25, 0.3) is 0 Å². The molecular formula is C19H17ClN2O2S. The Balaban J connectivity index is 1.90. The zero-order valence-corrected chi connectivity index (χ0v) is 15.2. The normalized spacial score (nSPS) is 11.3. The minimum Gasteiger partial charge on any atom is -0.365 e. The molecule has 4 nitrogen and oxygen atoms in total. The third kappa shape index (κ3) is 4.18. The monoisotopic (exact) mass is 372 g/mol. The van der Waals surface area contributed by atoms with Gasteiger partial charge in [0, 0.05) is 24.0 Å². The van der Waals surface area contributed by atoms with Crippen molar-refractivity contribution >= 4 is 27.3 Å². The van der Waals surface area contributed by atoms with E-state index in [0.29, 0.717) is 17.4 Å². The third-order valence-corrected chi connectivity index (χ3v) is 5.17. The minimum atomic E-state index is -3.34. The molecule has 0 aliphatic rings. The molecule has 0 unspecified atom stereocenters. The SMILES string of the molecule is CS(=O)(=O)c1cccnc1NCc1ccccc1-c1ccc(Cl)cc1.